The van der Waals surface area contributed by atoms with Crippen molar-refractivity contribution in [1.82, 2.24) is 0 Å². The summed E-state index contributed by atoms with van der Waals surface area (Å²) in [6, 6.07) is 0. The van der Waals surface area contributed by atoms with Crippen molar-refractivity contribution in [3.63, 3.8) is 0 Å². The molecule has 5 heteroatoms. The van der Waals surface area contributed by atoms with Crippen molar-refractivity contribution in [2.75, 3.05) is 0 Å². The fraction of sp³-hybridized carbons (Fsp3) is 0.632. The second-order valence-electron chi connectivity index (χ2n) is 8.55. The highest BCUT2D eigenvalue weighted by Crippen LogP contribution is 2.38. The van der Waals surface area contributed by atoms with Gasteiger partial charge < -0.3 is 9.47 Å². The van der Waals surface area contributed by atoms with Gasteiger partial charge in [0.2, 0.25) is 0 Å². The molecule has 24 heavy (non-hydrogen) atoms. The van der Waals surface area contributed by atoms with Gasteiger partial charge >= 0.3 is 6.16 Å². The van der Waals surface area contributed by atoms with Gasteiger partial charge in [0.15, 0.2) is 23.1 Å². The second kappa shape index (κ2) is 6.19. The lowest BCUT2D eigenvalue weighted by atomic mass is 9.76. The molecule has 0 atom stereocenters. The highest BCUT2D eigenvalue weighted by Gasteiger charge is 2.36. The molecule has 0 N–H and O–H groups in total. The molecule has 0 aromatic rings. The average molecular weight is 334 g/mol. The minimum atomic E-state index is -1.01. The van der Waals surface area contributed by atoms with Crippen LogP contribution in [0.25, 0.3) is 0 Å². The highest BCUT2D eigenvalue weighted by atomic mass is 16.7. The molecule has 5 nitrogen and oxygen atoms in total. The van der Waals surface area contributed by atoms with Gasteiger partial charge in [0, 0.05) is 12.8 Å². The summed E-state index contributed by atoms with van der Waals surface area (Å²) in [5, 5.41) is 0. The van der Waals surface area contributed by atoms with Crippen LogP contribution in [0.15, 0.2) is 22.7 Å². The molecular weight excluding hydrogens is 308 g/mol. The number of hydrogen-bond donors (Lipinski definition) is 0. The molecule has 2 aliphatic rings. The van der Waals surface area contributed by atoms with Crippen LogP contribution in [0, 0.1) is 10.8 Å². The van der Waals surface area contributed by atoms with Crippen molar-refractivity contribution in [2.24, 2.45) is 10.8 Å². The number of ether oxygens (including phenoxy) is 2. The first-order chi connectivity index (χ1) is 10.9. The minimum absolute atomic E-state index is 0.0566. The molecule has 0 aromatic heterocycles. The van der Waals surface area contributed by atoms with Gasteiger partial charge in [0.05, 0.1) is 0 Å². The quantitative estimate of drug-likeness (QED) is 0.697. The Bertz CT molecular complexity index is 605. The number of rotatable bonds is 2. The zero-order valence-electron chi connectivity index (χ0n) is 15.4. The molecule has 0 bridgehead atoms. The monoisotopic (exact) mass is 334 g/mol. The van der Waals surface area contributed by atoms with Gasteiger partial charge in [0.25, 0.3) is 0 Å². The Balaban J connectivity index is 2.12. The molecule has 0 aliphatic heterocycles. The van der Waals surface area contributed by atoms with E-state index in [1.54, 1.807) is 13.8 Å². The van der Waals surface area contributed by atoms with E-state index in [-0.39, 0.29) is 33.9 Å². The molecule has 0 saturated heterocycles. The molecule has 2 aliphatic carbocycles. The fourth-order valence-corrected chi connectivity index (χ4v) is 3.70. The zero-order valence-corrected chi connectivity index (χ0v) is 15.4. The lowest BCUT2D eigenvalue weighted by Crippen LogP contribution is -2.29. The van der Waals surface area contributed by atoms with Crippen LogP contribution in [0.1, 0.15) is 67.2 Å². The average Bonchev–Trinajstić information content (AvgIpc) is 2.36. The maximum absolute atomic E-state index is 12.2. The predicted octanol–water partition coefficient (Wildman–Crippen LogP) is 4.47. The van der Waals surface area contributed by atoms with E-state index in [1.165, 1.54) is 0 Å². The number of carbonyl (C=O) groups excluding carboxylic acids is 3. The summed E-state index contributed by atoms with van der Waals surface area (Å²) in [6.45, 7) is 11.6. The van der Waals surface area contributed by atoms with Gasteiger partial charge in [-0.15, -0.1) is 0 Å². The number of ketones is 2. The van der Waals surface area contributed by atoms with Crippen molar-refractivity contribution >= 4 is 17.7 Å². The number of allylic oxidation sites excluding steroid dienone is 4. The predicted molar refractivity (Wildman–Crippen MR) is 89.0 cm³/mol. The summed E-state index contributed by atoms with van der Waals surface area (Å²) < 4.78 is 10.3. The maximum Gasteiger partial charge on any atom is 0.519 e. The lowest BCUT2D eigenvalue weighted by Gasteiger charge is -2.31. The first-order valence-corrected chi connectivity index (χ1v) is 8.26. The first-order valence-electron chi connectivity index (χ1n) is 8.26. The Labute approximate surface area is 143 Å². The molecule has 0 radical (unpaired) electrons. The third-order valence-corrected chi connectivity index (χ3v) is 4.42. The Morgan fingerprint density at radius 3 is 1.38 bits per heavy atom. The fourth-order valence-electron chi connectivity index (χ4n) is 3.70. The van der Waals surface area contributed by atoms with Gasteiger partial charge in [-0.25, -0.2) is 4.79 Å². The SMILES string of the molecule is CC1=C(OC(=O)OC2=C(C)CC(C)(C)CC2=O)C(=O)CC(C)(C)C1. The van der Waals surface area contributed by atoms with Gasteiger partial charge in [-0.2, -0.15) is 0 Å². The van der Waals surface area contributed by atoms with Gasteiger partial charge in [-0.05, 0) is 48.7 Å². The van der Waals surface area contributed by atoms with E-state index in [4.69, 9.17) is 9.47 Å². The number of hydrogen-bond acceptors (Lipinski definition) is 5. The summed E-state index contributed by atoms with van der Waals surface area (Å²) in [5.41, 5.74) is 1.19. The zero-order chi connectivity index (χ0) is 18.3. The Morgan fingerprint density at radius 2 is 1.08 bits per heavy atom. The van der Waals surface area contributed by atoms with Gasteiger partial charge in [0.1, 0.15) is 0 Å². The van der Waals surface area contributed by atoms with E-state index in [0.717, 1.165) is 11.1 Å². The highest BCUT2D eigenvalue weighted by molar-refractivity contribution is 5.99. The van der Waals surface area contributed by atoms with Crippen LogP contribution in [0.2, 0.25) is 0 Å². The normalized spacial score (nSPS) is 23.4. The van der Waals surface area contributed by atoms with Crippen LogP contribution in [0.5, 0.6) is 0 Å². The molecule has 0 amide bonds. The van der Waals surface area contributed by atoms with Crippen LogP contribution in [-0.2, 0) is 19.1 Å². The van der Waals surface area contributed by atoms with Crippen LogP contribution >= 0.6 is 0 Å². The Morgan fingerprint density at radius 1 is 0.750 bits per heavy atom. The standard InChI is InChI=1S/C19H26O5/c1-11-7-18(3,4)9-13(20)15(11)23-17(22)24-16-12(2)8-19(5,6)10-14(16)21/h7-10H2,1-6H3. The molecule has 0 fully saturated rings. The molecule has 0 heterocycles. The van der Waals surface area contributed by atoms with Gasteiger partial charge in [-0.3, -0.25) is 9.59 Å². The summed E-state index contributed by atoms with van der Waals surface area (Å²) >= 11 is 0. The van der Waals surface area contributed by atoms with Crippen molar-refractivity contribution in [2.45, 2.75) is 67.2 Å². The first kappa shape index (κ1) is 18.4. The van der Waals surface area contributed by atoms with E-state index >= 15 is 0 Å². The van der Waals surface area contributed by atoms with Crippen molar-refractivity contribution in [3.05, 3.63) is 22.7 Å². The molecule has 0 aromatic carbocycles. The van der Waals surface area contributed by atoms with Crippen LogP contribution in [0.4, 0.5) is 4.79 Å². The topological polar surface area (TPSA) is 69.7 Å². The molecule has 2 rings (SSSR count). The Hall–Kier alpha value is -1.91. The van der Waals surface area contributed by atoms with Crippen molar-refractivity contribution in [3.8, 4) is 0 Å². The lowest BCUT2D eigenvalue weighted by molar-refractivity contribution is -0.122. The van der Waals surface area contributed by atoms with Crippen LogP contribution in [-0.4, -0.2) is 17.7 Å². The largest absolute Gasteiger partial charge is 0.519 e. The van der Waals surface area contributed by atoms with E-state index in [1.807, 2.05) is 27.7 Å². The van der Waals surface area contributed by atoms with E-state index in [2.05, 4.69) is 0 Å². The molecule has 0 spiro atoms. The Kier molecular flexibility index (Phi) is 4.75. The molecule has 0 saturated carbocycles. The van der Waals surface area contributed by atoms with Crippen LogP contribution < -0.4 is 0 Å². The summed E-state index contributed by atoms with van der Waals surface area (Å²) in [7, 11) is 0. The number of Topliss-reactive ketones (excluding diaryl/α,β-unsaturated/α-hetero) is 2. The minimum Gasteiger partial charge on any atom is -0.391 e. The van der Waals surface area contributed by atoms with Crippen molar-refractivity contribution in [1.29, 1.82) is 0 Å². The molecular formula is C19H26O5. The van der Waals surface area contributed by atoms with E-state index in [9.17, 15) is 14.4 Å². The van der Waals surface area contributed by atoms with Crippen LogP contribution in [0.3, 0.4) is 0 Å². The maximum atomic E-state index is 12.2. The van der Waals surface area contributed by atoms with Crippen molar-refractivity contribution < 1.29 is 23.9 Å². The van der Waals surface area contributed by atoms with E-state index < -0.39 is 6.16 Å². The third kappa shape index (κ3) is 4.13. The molecule has 0 unspecified atom stereocenters. The van der Waals surface area contributed by atoms with Gasteiger partial charge in [-0.1, -0.05) is 27.7 Å². The number of carbonyl (C=O) groups is 3. The third-order valence-electron chi connectivity index (χ3n) is 4.42. The summed E-state index contributed by atoms with van der Waals surface area (Å²) in [4.78, 5) is 36.5. The smallest absolute Gasteiger partial charge is 0.391 e. The second-order valence-corrected chi connectivity index (χ2v) is 8.55. The summed E-state index contributed by atoms with van der Waals surface area (Å²) in [5.74, 6) is -0.299. The van der Waals surface area contributed by atoms with E-state index in [0.29, 0.717) is 25.7 Å². The summed E-state index contributed by atoms with van der Waals surface area (Å²) in [6.07, 6.45) is 0.982. The molecule has 132 valence electrons.